The molecule has 7 nitrogen and oxygen atoms in total. The fraction of sp³-hybridized carbons (Fsp3) is 0.188. The van der Waals surface area contributed by atoms with Crippen molar-refractivity contribution >= 4 is 34.6 Å². The van der Waals surface area contributed by atoms with E-state index in [2.05, 4.69) is 20.5 Å². The molecule has 1 aromatic carbocycles. The molecule has 130 valence electrons. The second-order valence-corrected chi connectivity index (χ2v) is 6.46. The smallest absolute Gasteiger partial charge is 0.274 e. The van der Waals surface area contributed by atoms with Crippen LogP contribution in [0.1, 0.15) is 10.6 Å². The molecule has 0 spiro atoms. The molecule has 2 N–H and O–H groups in total. The summed E-state index contributed by atoms with van der Waals surface area (Å²) in [7, 11) is 3.03. The van der Waals surface area contributed by atoms with E-state index in [9.17, 15) is 4.79 Å². The lowest BCUT2D eigenvalue weighted by Crippen LogP contribution is -2.18. The van der Waals surface area contributed by atoms with Gasteiger partial charge in [0.2, 0.25) is 5.95 Å². The third-order valence-corrected chi connectivity index (χ3v) is 4.59. The summed E-state index contributed by atoms with van der Waals surface area (Å²) >= 11 is 7.64. The van der Waals surface area contributed by atoms with E-state index in [1.807, 2.05) is 17.5 Å². The number of nitrogens with one attached hydrogen (secondary N) is 2. The molecule has 0 radical (unpaired) electrons. The number of aromatic nitrogens is 3. The molecule has 0 fully saturated rings. The number of aromatic amines is 1. The average Bonchev–Trinajstić information content (AvgIpc) is 3.11. The normalized spacial score (nSPS) is 10.5. The van der Waals surface area contributed by atoms with Crippen molar-refractivity contribution in [3.05, 3.63) is 55.6 Å². The van der Waals surface area contributed by atoms with Gasteiger partial charge in [0, 0.05) is 23.4 Å². The standard InChI is InChI=1S/C16H15ClN4O3S/c1-23-13-8-11(14(24-2)7-10(13)17)18-16-19-15(22)12(20-21-16)6-9-4-3-5-25-9/h3-5,7-8H,6H2,1-2H3,(H2,18,19,21,22). The van der Waals surface area contributed by atoms with Gasteiger partial charge in [0.15, 0.2) is 0 Å². The Morgan fingerprint density at radius 3 is 2.68 bits per heavy atom. The zero-order valence-corrected chi connectivity index (χ0v) is 15.1. The van der Waals surface area contributed by atoms with Crippen molar-refractivity contribution in [3.8, 4) is 11.5 Å². The number of methoxy groups -OCH3 is 2. The molecule has 0 unspecified atom stereocenters. The number of benzene rings is 1. The molecule has 3 aromatic rings. The van der Waals surface area contributed by atoms with Gasteiger partial charge in [-0.1, -0.05) is 17.7 Å². The number of hydrogen-bond donors (Lipinski definition) is 2. The number of halogens is 1. The molecule has 0 saturated carbocycles. The summed E-state index contributed by atoms with van der Waals surface area (Å²) in [5, 5.41) is 13.4. The van der Waals surface area contributed by atoms with Crippen LogP contribution in [0.4, 0.5) is 11.6 Å². The summed E-state index contributed by atoms with van der Waals surface area (Å²) in [5.41, 5.74) is 0.596. The summed E-state index contributed by atoms with van der Waals surface area (Å²) < 4.78 is 10.5. The van der Waals surface area contributed by atoms with E-state index in [4.69, 9.17) is 21.1 Å². The number of anilines is 2. The number of rotatable bonds is 6. The van der Waals surface area contributed by atoms with Crippen molar-refractivity contribution in [2.24, 2.45) is 0 Å². The van der Waals surface area contributed by atoms with Crippen molar-refractivity contribution in [1.82, 2.24) is 15.2 Å². The minimum Gasteiger partial charge on any atom is -0.495 e. The van der Waals surface area contributed by atoms with Gasteiger partial charge in [-0.25, -0.2) is 0 Å². The number of H-pyrrole nitrogens is 1. The molecule has 0 aliphatic rings. The van der Waals surface area contributed by atoms with Crippen LogP contribution in [0.5, 0.6) is 11.5 Å². The maximum atomic E-state index is 12.2. The van der Waals surface area contributed by atoms with Crippen LogP contribution in [0.3, 0.4) is 0 Å². The van der Waals surface area contributed by atoms with E-state index in [0.29, 0.717) is 34.3 Å². The van der Waals surface area contributed by atoms with Crippen LogP contribution in [0.15, 0.2) is 34.4 Å². The van der Waals surface area contributed by atoms with Gasteiger partial charge in [0.1, 0.15) is 17.2 Å². The molecule has 3 rings (SSSR count). The zero-order chi connectivity index (χ0) is 17.8. The van der Waals surface area contributed by atoms with E-state index < -0.39 is 0 Å². The van der Waals surface area contributed by atoms with Crippen LogP contribution in [-0.2, 0) is 6.42 Å². The van der Waals surface area contributed by atoms with E-state index in [0.717, 1.165) is 4.88 Å². The molecular formula is C16H15ClN4O3S. The highest BCUT2D eigenvalue weighted by atomic mass is 35.5. The lowest BCUT2D eigenvalue weighted by Gasteiger charge is -2.13. The monoisotopic (exact) mass is 378 g/mol. The first-order valence-electron chi connectivity index (χ1n) is 7.27. The predicted octanol–water partition coefficient (Wildman–Crippen LogP) is 3.23. The van der Waals surface area contributed by atoms with Crippen LogP contribution in [0, 0.1) is 0 Å². The molecule has 0 amide bonds. The molecule has 0 atom stereocenters. The van der Waals surface area contributed by atoms with Gasteiger partial charge in [0.05, 0.1) is 24.9 Å². The van der Waals surface area contributed by atoms with Gasteiger partial charge < -0.3 is 14.8 Å². The quantitative estimate of drug-likeness (QED) is 0.684. The second kappa shape index (κ2) is 7.54. The Bertz CT molecular complexity index is 928. The van der Waals surface area contributed by atoms with Crippen molar-refractivity contribution in [3.63, 3.8) is 0 Å². The lowest BCUT2D eigenvalue weighted by atomic mass is 10.2. The van der Waals surface area contributed by atoms with E-state index in [1.54, 1.807) is 23.5 Å². The van der Waals surface area contributed by atoms with Gasteiger partial charge in [-0.05, 0) is 11.4 Å². The third-order valence-electron chi connectivity index (χ3n) is 3.41. The van der Waals surface area contributed by atoms with Crippen molar-refractivity contribution in [1.29, 1.82) is 0 Å². The minimum atomic E-state index is -0.300. The Hall–Kier alpha value is -2.58. The first kappa shape index (κ1) is 17.2. The minimum absolute atomic E-state index is 0.197. The first-order chi connectivity index (χ1) is 12.1. The van der Waals surface area contributed by atoms with Crippen LogP contribution < -0.4 is 20.3 Å². The fourth-order valence-electron chi connectivity index (χ4n) is 2.20. The number of hydrogen-bond acceptors (Lipinski definition) is 7. The van der Waals surface area contributed by atoms with Gasteiger partial charge >= 0.3 is 0 Å². The molecule has 0 aliphatic carbocycles. The highest BCUT2D eigenvalue weighted by molar-refractivity contribution is 7.09. The second-order valence-electron chi connectivity index (χ2n) is 5.02. The fourth-order valence-corrected chi connectivity index (χ4v) is 3.14. The molecule has 2 heterocycles. The summed E-state index contributed by atoms with van der Waals surface area (Å²) in [5.74, 6) is 1.15. The summed E-state index contributed by atoms with van der Waals surface area (Å²) in [6.07, 6.45) is 0.443. The zero-order valence-electron chi connectivity index (χ0n) is 13.5. The highest BCUT2D eigenvalue weighted by Crippen LogP contribution is 2.36. The van der Waals surface area contributed by atoms with Crippen molar-refractivity contribution in [2.45, 2.75) is 6.42 Å². The Morgan fingerprint density at radius 2 is 2.04 bits per heavy atom. The van der Waals surface area contributed by atoms with E-state index in [1.165, 1.54) is 14.2 Å². The average molecular weight is 379 g/mol. The summed E-state index contributed by atoms with van der Waals surface area (Å²) in [4.78, 5) is 15.9. The van der Waals surface area contributed by atoms with Crippen LogP contribution in [0.25, 0.3) is 0 Å². The Labute approximate surface area is 152 Å². The van der Waals surface area contributed by atoms with Crippen molar-refractivity contribution in [2.75, 3.05) is 19.5 Å². The lowest BCUT2D eigenvalue weighted by molar-refractivity contribution is 0.405. The van der Waals surface area contributed by atoms with E-state index >= 15 is 0 Å². The Balaban J connectivity index is 1.86. The van der Waals surface area contributed by atoms with Crippen molar-refractivity contribution < 1.29 is 9.47 Å². The molecule has 0 saturated heterocycles. The number of thiophene rings is 1. The summed E-state index contributed by atoms with van der Waals surface area (Å²) in [6, 6.07) is 7.14. The van der Waals surface area contributed by atoms with Gasteiger partial charge in [-0.15, -0.1) is 21.5 Å². The SMILES string of the molecule is COc1cc(Nc2nnc(Cc3cccs3)c(=O)[nH]2)c(OC)cc1Cl. The molecular weight excluding hydrogens is 364 g/mol. The molecule has 2 aromatic heterocycles. The van der Waals surface area contributed by atoms with E-state index in [-0.39, 0.29) is 11.5 Å². The maximum absolute atomic E-state index is 12.2. The molecule has 0 bridgehead atoms. The first-order valence-corrected chi connectivity index (χ1v) is 8.53. The van der Waals surface area contributed by atoms with Gasteiger partial charge in [-0.2, -0.15) is 0 Å². The van der Waals surface area contributed by atoms with Crippen LogP contribution >= 0.6 is 22.9 Å². The third kappa shape index (κ3) is 3.92. The van der Waals surface area contributed by atoms with Crippen LogP contribution in [-0.4, -0.2) is 29.4 Å². The Morgan fingerprint density at radius 1 is 1.24 bits per heavy atom. The maximum Gasteiger partial charge on any atom is 0.274 e. The largest absolute Gasteiger partial charge is 0.495 e. The highest BCUT2D eigenvalue weighted by Gasteiger charge is 2.12. The summed E-state index contributed by atoms with van der Waals surface area (Å²) in [6.45, 7) is 0. The predicted molar refractivity (Wildman–Crippen MR) is 97.6 cm³/mol. The van der Waals surface area contributed by atoms with Crippen LogP contribution in [0.2, 0.25) is 5.02 Å². The number of ether oxygens (including phenoxy) is 2. The molecule has 0 aliphatic heterocycles. The molecule has 25 heavy (non-hydrogen) atoms. The number of nitrogens with zero attached hydrogens (tertiary/aromatic N) is 2. The van der Waals surface area contributed by atoms with Gasteiger partial charge in [0.25, 0.3) is 5.56 Å². The Kier molecular flexibility index (Phi) is 5.20. The van der Waals surface area contributed by atoms with Gasteiger partial charge in [-0.3, -0.25) is 9.78 Å². The topological polar surface area (TPSA) is 89.1 Å². The molecule has 9 heteroatoms.